The molecular weight excluding hydrogens is 308 g/mol. The molecule has 1 aliphatic heterocycles. The number of alkyl halides is 1. The molecule has 0 bridgehead atoms. The number of halogens is 1. The summed E-state index contributed by atoms with van der Waals surface area (Å²) in [5, 5.41) is 0. The molecule has 2 rings (SSSR count). The van der Waals surface area contributed by atoms with Gasteiger partial charge in [0.15, 0.2) is 5.43 Å². The number of nitrogens with one attached hydrogen (secondary N) is 1. The molecule has 1 aromatic rings. The number of piperidine rings is 1. The molecule has 1 amide bonds. The number of hydrogen-bond acceptors (Lipinski definition) is 2. The number of rotatable bonds is 2. The molecule has 19 heavy (non-hydrogen) atoms. The molecule has 0 aromatic carbocycles. The highest BCUT2D eigenvalue weighted by Gasteiger charge is 2.26. The van der Waals surface area contributed by atoms with Crippen LogP contribution in [0.3, 0.4) is 0 Å². The van der Waals surface area contributed by atoms with E-state index in [1.807, 2.05) is 0 Å². The van der Waals surface area contributed by atoms with Crippen LogP contribution in [0.25, 0.3) is 0 Å². The smallest absolute Gasteiger partial charge is 0.259 e. The van der Waals surface area contributed by atoms with E-state index in [0.717, 1.165) is 31.6 Å². The zero-order chi connectivity index (χ0) is 14.0. The first kappa shape index (κ1) is 14.3. The number of carbonyl (C=O) groups excluding carboxylic acids is 1. The number of aromatic nitrogens is 1. The summed E-state index contributed by atoms with van der Waals surface area (Å²) in [5.74, 6) is 0.460. The molecule has 1 saturated heterocycles. The summed E-state index contributed by atoms with van der Waals surface area (Å²) in [6.07, 6.45) is 3.50. The van der Waals surface area contributed by atoms with Gasteiger partial charge in [0.2, 0.25) is 0 Å². The van der Waals surface area contributed by atoms with Gasteiger partial charge in [0.1, 0.15) is 5.56 Å². The van der Waals surface area contributed by atoms with Gasteiger partial charge in [0.05, 0.1) is 0 Å². The van der Waals surface area contributed by atoms with Crippen LogP contribution in [0.2, 0.25) is 0 Å². The third kappa shape index (κ3) is 3.26. The molecule has 0 radical (unpaired) electrons. The van der Waals surface area contributed by atoms with Crippen molar-refractivity contribution in [3.05, 3.63) is 33.7 Å². The SMILES string of the molecule is Cc1cc(=O)c(C(=O)N2CCC(C(C)Br)CC2)c[nH]1. The van der Waals surface area contributed by atoms with Crippen LogP contribution in [-0.4, -0.2) is 33.7 Å². The number of H-pyrrole nitrogens is 1. The van der Waals surface area contributed by atoms with Crippen molar-refractivity contribution in [2.45, 2.75) is 31.5 Å². The van der Waals surface area contributed by atoms with Gasteiger partial charge in [0.25, 0.3) is 5.91 Å². The van der Waals surface area contributed by atoms with Crippen LogP contribution in [0.15, 0.2) is 17.1 Å². The van der Waals surface area contributed by atoms with Crippen LogP contribution in [0.4, 0.5) is 0 Å². The number of likely N-dealkylation sites (tertiary alicyclic amines) is 1. The zero-order valence-electron chi connectivity index (χ0n) is 11.3. The third-order valence-electron chi connectivity index (χ3n) is 3.76. The Morgan fingerprint density at radius 3 is 2.63 bits per heavy atom. The van der Waals surface area contributed by atoms with E-state index in [2.05, 4.69) is 27.8 Å². The Morgan fingerprint density at radius 1 is 1.47 bits per heavy atom. The number of pyridine rings is 1. The van der Waals surface area contributed by atoms with Crippen molar-refractivity contribution in [2.24, 2.45) is 5.92 Å². The maximum absolute atomic E-state index is 12.3. The average Bonchev–Trinajstić information content (AvgIpc) is 2.38. The summed E-state index contributed by atoms with van der Waals surface area (Å²) >= 11 is 3.60. The van der Waals surface area contributed by atoms with E-state index in [1.165, 1.54) is 12.3 Å². The Kier molecular flexibility index (Phi) is 4.45. The van der Waals surface area contributed by atoms with Crippen molar-refractivity contribution in [3.63, 3.8) is 0 Å². The number of nitrogens with zero attached hydrogens (tertiary/aromatic N) is 1. The maximum atomic E-state index is 12.3. The molecular formula is C14H19BrN2O2. The second-order valence-electron chi connectivity index (χ2n) is 5.20. The zero-order valence-corrected chi connectivity index (χ0v) is 12.9. The van der Waals surface area contributed by atoms with Crippen LogP contribution in [0.1, 0.15) is 35.8 Å². The third-order valence-corrected chi connectivity index (χ3v) is 4.51. The molecule has 1 aromatic heterocycles. The van der Waals surface area contributed by atoms with Gasteiger partial charge in [-0.1, -0.05) is 22.9 Å². The molecule has 1 fully saturated rings. The molecule has 2 heterocycles. The molecule has 1 unspecified atom stereocenters. The van der Waals surface area contributed by atoms with Crippen LogP contribution in [0, 0.1) is 12.8 Å². The fraction of sp³-hybridized carbons (Fsp3) is 0.571. The van der Waals surface area contributed by atoms with Gasteiger partial charge in [-0.3, -0.25) is 9.59 Å². The van der Waals surface area contributed by atoms with Gasteiger partial charge in [0, 0.05) is 35.9 Å². The predicted molar refractivity (Wildman–Crippen MR) is 78.8 cm³/mol. The quantitative estimate of drug-likeness (QED) is 0.848. The largest absolute Gasteiger partial charge is 0.364 e. The molecule has 5 heteroatoms. The highest BCUT2D eigenvalue weighted by atomic mass is 79.9. The van der Waals surface area contributed by atoms with E-state index in [-0.39, 0.29) is 16.9 Å². The summed E-state index contributed by atoms with van der Waals surface area (Å²) in [4.78, 5) is 29.3. The van der Waals surface area contributed by atoms with E-state index < -0.39 is 0 Å². The van der Waals surface area contributed by atoms with E-state index in [0.29, 0.717) is 10.7 Å². The Bertz CT molecular complexity index is 516. The molecule has 4 nitrogen and oxygen atoms in total. The fourth-order valence-electron chi connectivity index (χ4n) is 2.47. The van der Waals surface area contributed by atoms with Crippen LogP contribution in [0.5, 0.6) is 0 Å². The van der Waals surface area contributed by atoms with Crippen molar-refractivity contribution >= 4 is 21.8 Å². The topological polar surface area (TPSA) is 53.2 Å². The normalized spacial score (nSPS) is 18.4. The van der Waals surface area contributed by atoms with E-state index in [4.69, 9.17) is 0 Å². The summed E-state index contributed by atoms with van der Waals surface area (Å²) in [6, 6.07) is 1.47. The number of amides is 1. The maximum Gasteiger partial charge on any atom is 0.259 e. The Morgan fingerprint density at radius 2 is 2.11 bits per heavy atom. The minimum atomic E-state index is -0.197. The summed E-state index contributed by atoms with van der Waals surface area (Å²) < 4.78 is 0. The lowest BCUT2D eigenvalue weighted by Gasteiger charge is -2.33. The van der Waals surface area contributed by atoms with Crippen molar-refractivity contribution in [1.82, 2.24) is 9.88 Å². The van der Waals surface area contributed by atoms with Crippen LogP contribution in [-0.2, 0) is 0 Å². The highest BCUT2D eigenvalue weighted by Crippen LogP contribution is 2.25. The first-order chi connectivity index (χ1) is 8.99. The van der Waals surface area contributed by atoms with Crippen LogP contribution >= 0.6 is 15.9 Å². The molecule has 0 saturated carbocycles. The first-order valence-electron chi connectivity index (χ1n) is 6.61. The number of carbonyl (C=O) groups is 1. The number of aromatic amines is 1. The molecule has 0 aliphatic carbocycles. The van der Waals surface area contributed by atoms with E-state index in [9.17, 15) is 9.59 Å². The lowest BCUT2D eigenvalue weighted by atomic mass is 9.94. The lowest BCUT2D eigenvalue weighted by Crippen LogP contribution is -2.41. The highest BCUT2D eigenvalue weighted by molar-refractivity contribution is 9.09. The van der Waals surface area contributed by atoms with Gasteiger partial charge in [-0.05, 0) is 25.7 Å². The minimum Gasteiger partial charge on any atom is -0.364 e. The van der Waals surface area contributed by atoms with E-state index in [1.54, 1.807) is 11.8 Å². The van der Waals surface area contributed by atoms with Crippen molar-refractivity contribution in [3.8, 4) is 0 Å². The monoisotopic (exact) mass is 326 g/mol. The fourth-order valence-corrected chi connectivity index (χ4v) is 3.00. The molecule has 104 valence electrons. The Balaban J connectivity index is 2.07. The molecule has 0 spiro atoms. The van der Waals surface area contributed by atoms with Crippen molar-refractivity contribution in [1.29, 1.82) is 0 Å². The van der Waals surface area contributed by atoms with Gasteiger partial charge >= 0.3 is 0 Å². The average molecular weight is 327 g/mol. The Hall–Kier alpha value is -1.10. The van der Waals surface area contributed by atoms with Gasteiger partial charge < -0.3 is 9.88 Å². The van der Waals surface area contributed by atoms with Gasteiger partial charge in [-0.2, -0.15) is 0 Å². The second-order valence-corrected chi connectivity index (χ2v) is 6.65. The summed E-state index contributed by atoms with van der Waals surface area (Å²) in [5.41, 5.74) is 0.821. The summed E-state index contributed by atoms with van der Waals surface area (Å²) in [6.45, 7) is 5.41. The van der Waals surface area contributed by atoms with Crippen molar-refractivity contribution in [2.75, 3.05) is 13.1 Å². The van der Waals surface area contributed by atoms with Crippen LogP contribution < -0.4 is 5.43 Å². The second kappa shape index (κ2) is 5.90. The molecule has 1 N–H and O–H groups in total. The lowest BCUT2D eigenvalue weighted by molar-refractivity contribution is 0.0690. The predicted octanol–water partition coefficient (Wildman–Crippen LogP) is 2.32. The minimum absolute atomic E-state index is 0.151. The van der Waals surface area contributed by atoms with Crippen molar-refractivity contribution < 1.29 is 4.79 Å². The summed E-state index contributed by atoms with van der Waals surface area (Å²) in [7, 11) is 0. The number of aryl methyl sites for hydroxylation is 1. The Labute approximate surface area is 121 Å². The molecule has 1 atom stereocenters. The van der Waals surface area contributed by atoms with Gasteiger partial charge in [-0.15, -0.1) is 0 Å². The van der Waals surface area contributed by atoms with E-state index >= 15 is 0 Å². The van der Waals surface area contributed by atoms with Gasteiger partial charge in [-0.25, -0.2) is 0 Å². The first-order valence-corrected chi connectivity index (χ1v) is 7.53. The number of hydrogen-bond donors (Lipinski definition) is 1. The standard InChI is InChI=1S/C14H19BrN2O2/c1-9-7-13(18)12(8-16-9)14(19)17-5-3-11(4-6-17)10(2)15/h7-8,10-11H,3-6H2,1-2H3,(H,16,18). The molecule has 1 aliphatic rings.